The lowest BCUT2D eigenvalue weighted by Gasteiger charge is -2.35. The van der Waals surface area contributed by atoms with E-state index in [9.17, 15) is 0 Å². The van der Waals surface area contributed by atoms with Crippen molar-refractivity contribution in [3.8, 4) is 6.07 Å². The number of aromatic amines is 1. The monoisotopic (exact) mass is 346 g/mol. The molecule has 3 aromatic rings. The van der Waals surface area contributed by atoms with Gasteiger partial charge in [0, 0.05) is 32.4 Å². The van der Waals surface area contributed by atoms with Gasteiger partial charge in [0.25, 0.3) is 0 Å². The average molecular weight is 346 g/mol. The van der Waals surface area contributed by atoms with Crippen molar-refractivity contribution in [2.24, 2.45) is 11.8 Å². The first-order valence-corrected chi connectivity index (χ1v) is 8.82. The fraction of sp³-hybridized carbons (Fsp3) is 0.389. The Labute approximate surface area is 150 Å². The van der Waals surface area contributed by atoms with Crippen LogP contribution < -0.4 is 9.80 Å². The van der Waals surface area contributed by atoms with Gasteiger partial charge < -0.3 is 14.8 Å². The predicted octanol–water partition coefficient (Wildman–Crippen LogP) is 1.58. The molecule has 5 rings (SSSR count). The molecular formula is C18H18N8. The van der Waals surface area contributed by atoms with E-state index >= 15 is 0 Å². The molecule has 2 atom stereocenters. The number of rotatable bonds is 2. The second-order valence-corrected chi connectivity index (χ2v) is 6.97. The van der Waals surface area contributed by atoms with Crippen LogP contribution in [0.5, 0.6) is 0 Å². The Balaban J connectivity index is 1.35. The third-order valence-corrected chi connectivity index (χ3v) is 5.51. The molecule has 8 heteroatoms. The van der Waals surface area contributed by atoms with Gasteiger partial charge in [-0.2, -0.15) is 5.26 Å². The lowest BCUT2D eigenvalue weighted by molar-refractivity contribution is 0.348. The molecule has 2 saturated heterocycles. The van der Waals surface area contributed by atoms with Crippen LogP contribution in [-0.2, 0) is 0 Å². The van der Waals surface area contributed by atoms with Crippen LogP contribution in [0.2, 0.25) is 0 Å². The second kappa shape index (κ2) is 5.95. The third-order valence-electron chi connectivity index (χ3n) is 5.51. The van der Waals surface area contributed by atoms with Crippen LogP contribution in [0, 0.1) is 23.2 Å². The SMILES string of the molecule is N#Cc1cnc(N2CC3CCN(c4ncnc5[nH]ccc45)CC3C2)cn1. The highest BCUT2D eigenvalue weighted by Gasteiger charge is 2.38. The minimum Gasteiger partial charge on any atom is -0.356 e. The Morgan fingerprint density at radius 3 is 2.77 bits per heavy atom. The van der Waals surface area contributed by atoms with Crippen LogP contribution in [0.3, 0.4) is 0 Å². The fourth-order valence-electron chi connectivity index (χ4n) is 4.20. The highest BCUT2D eigenvalue weighted by Crippen LogP contribution is 2.35. The summed E-state index contributed by atoms with van der Waals surface area (Å²) < 4.78 is 0. The van der Waals surface area contributed by atoms with Gasteiger partial charge in [-0.1, -0.05) is 0 Å². The van der Waals surface area contributed by atoms with Gasteiger partial charge in [-0.25, -0.2) is 19.9 Å². The van der Waals surface area contributed by atoms with E-state index in [4.69, 9.17) is 5.26 Å². The molecule has 2 aliphatic rings. The molecule has 3 aromatic heterocycles. The summed E-state index contributed by atoms with van der Waals surface area (Å²) in [5.41, 5.74) is 1.24. The van der Waals surface area contributed by atoms with Gasteiger partial charge >= 0.3 is 0 Å². The molecule has 0 radical (unpaired) electrons. The van der Waals surface area contributed by atoms with E-state index in [0.717, 1.165) is 55.3 Å². The maximum atomic E-state index is 8.88. The molecule has 5 heterocycles. The van der Waals surface area contributed by atoms with E-state index in [1.165, 1.54) is 0 Å². The highest BCUT2D eigenvalue weighted by molar-refractivity contribution is 5.87. The van der Waals surface area contributed by atoms with E-state index < -0.39 is 0 Å². The number of piperidine rings is 1. The van der Waals surface area contributed by atoms with E-state index in [-0.39, 0.29) is 0 Å². The largest absolute Gasteiger partial charge is 0.356 e. The topological polar surface area (TPSA) is 97.6 Å². The summed E-state index contributed by atoms with van der Waals surface area (Å²) in [7, 11) is 0. The minimum absolute atomic E-state index is 0.357. The Hall–Kier alpha value is -3.21. The molecule has 2 aliphatic heterocycles. The van der Waals surface area contributed by atoms with Crippen LogP contribution in [0.15, 0.2) is 31.0 Å². The minimum atomic E-state index is 0.357. The van der Waals surface area contributed by atoms with Gasteiger partial charge in [0.2, 0.25) is 0 Å². The zero-order valence-electron chi connectivity index (χ0n) is 14.2. The van der Waals surface area contributed by atoms with Crippen LogP contribution in [0.4, 0.5) is 11.6 Å². The van der Waals surface area contributed by atoms with Gasteiger partial charge in [0.15, 0.2) is 5.69 Å². The van der Waals surface area contributed by atoms with Crippen LogP contribution in [0.25, 0.3) is 11.0 Å². The average Bonchev–Trinajstić information content (AvgIpc) is 3.34. The summed E-state index contributed by atoms with van der Waals surface area (Å²) in [5.74, 6) is 3.11. The Bertz CT molecular complexity index is 973. The lowest BCUT2D eigenvalue weighted by Crippen LogP contribution is -2.40. The number of H-pyrrole nitrogens is 1. The zero-order valence-corrected chi connectivity index (χ0v) is 14.2. The number of nitrogens with one attached hydrogen (secondary N) is 1. The maximum Gasteiger partial charge on any atom is 0.158 e. The van der Waals surface area contributed by atoms with E-state index in [2.05, 4.69) is 34.7 Å². The Morgan fingerprint density at radius 2 is 1.92 bits per heavy atom. The van der Waals surface area contributed by atoms with Gasteiger partial charge in [0.05, 0.1) is 17.8 Å². The van der Waals surface area contributed by atoms with Crippen molar-refractivity contribution in [2.75, 3.05) is 36.0 Å². The fourth-order valence-corrected chi connectivity index (χ4v) is 4.20. The van der Waals surface area contributed by atoms with Gasteiger partial charge in [0.1, 0.15) is 29.7 Å². The first kappa shape index (κ1) is 15.1. The molecule has 0 spiro atoms. The number of aromatic nitrogens is 5. The quantitative estimate of drug-likeness (QED) is 0.752. The zero-order chi connectivity index (χ0) is 17.5. The summed E-state index contributed by atoms with van der Waals surface area (Å²) in [5, 5.41) is 9.96. The Kier molecular flexibility index (Phi) is 3.45. The van der Waals surface area contributed by atoms with Crippen LogP contribution in [0.1, 0.15) is 12.1 Å². The molecule has 0 saturated carbocycles. The van der Waals surface area contributed by atoms with Crippen LogP contribution in [-0.4, -0.2) is 51.1 Å². The van der Waals surface area contributed by atoms with Crippen molar-refractivity contribution in [3.63, 3.8) is 0 Å². The molecule has 26 heavy (non-hydrogen) atoms. The lowest BCUT2D eigenvalue weighted by atomic mass is 9.88. The molecule has 1 N–H and O–H groups in total. The molecule has 2 fully saturated rings. The van der Waals surface area contributed by atoms with Crippen molar-refractivity contribution in [3.05, 3.63) is 36.7 Å². The molecule has 0 aliphatic carbocycles. The van der Waals surface area contributed by atoms with Gasteiger partial charge in [-0.15, -0.1) is 0 Å². The molecular weight excluding hydrogens is 328 g/mol. The number of hydrogen-bond donors (Lipinski definition) is 1. The number of nitriles is 1. The summed E-state index contributed by atoms with van der Waals surface area (Å²) in [4.78, 5) is 25.2. The van der Waals surface area contributed by atoms with E-state index in [1.807, 2.05) is 18.3 Å². The van der Waals surface area contributed by atoms with E-state index in [0.29, 0.717) is 17.5 Å². The van der Waals surface area contributed by atoms with Gasteiger partial charge in [-0.3, -0.25) is 0 Å². The summed E-state index contributed by atoms with van der Waals surface area (Å²) in [6.45, 7) is 3.96. The first-order chi connectivity index (χ1) is 12.8. The van der Waals surface area contributed by atoms with Crippen molar-refractivity contribution in [2.45, 2.75) is 6.42 Å². The van der Waals surface area contributed by atoms with Gasteiger partial charge in [-0.05, 0) is 24.3 Å². The summed E-state index contributed by atoms with van der Waals surface area (Å²) in [6.07, 6.45) is 7.94. The molecule has 0 amide bonds. The molecule has 0 bridgehead atoms. The number of fused-ring (bicyclic) bond motifs is 2. The number of hydrogen-bond acceptors (Lipinski definition) is 7. The molecule has 2 unspecified atom stereocenters. The first-order valence-electron chi connectivity index (χ1n) is 8.82. The van der Waals surface area contributed by atoms with Crippen molar-refractivity contribution < 1.29 is 0 Å². The molecule has 0 aromatic carbocycles. The predicted molar refractivity (Wildman–Crippen MR) is 96.7 cm³/mol. The number of anilines is 2. The standard InChI is InChI=1S/C18H18N8/c19-5-14-6-22-16(7-21-14)26-8-12-2-4-25(9-13(12)10-26)18-15-1-3-20-17(15)23-11-24-18/h1,3,6-7,11-13H,2,4,8-10H2,(H,20,23,24). The number of nitrogens with zero attached hydrogens (tertiary/aromatic N) is 7. The maximum absolute atomic E-state index is 8.88. The summed E-state index contributed by atoms with van der Waals surface area (Å²) in [6, 6.07) is 4.06. The van der Waals surface area contributed by atoms with Crippen LogP contribution >= 0.6 is 0 Å². The van der Waals surface area contributed by atoms with Crippen molar-refractivity contribution in [1.29, 1.82) is 5.26 Å². The third kappa shape index (κ3) is 2.44. The molecule has 8 nitrogen and oxygen atoms in total. The molecule has 130 valence electrons. The second-order valence-electron chi connectivity index (χ2n) is 6.97. The smallest absolute Gasteiger partial charge is 0.158 e. The highest BCUT2D eigenvalue weighted by atomic mass is 15.3. The van der Waals surface area contributed by atoms with E-state index in [1.54, 1.807) is 18.7 Å². The van der Waals surface area contributed by atoms with Crippen molar-refractivity contribution in [1.82, 2.24) is 24.9 Å². The van der Waals surface area contributed by atoms with Crippen molar-refractivity contribution >= 4 is 22.7 Å². The summed E-state index contributed by atoms with van der Waals surface area (Å²) >= 11 is 0. The Morgan fingerprint density at radius 1 is 1.04 bits per heavy atom. The normalized spacial score (nSPS) is 22.4.